The molecule has 35 heavy (non-hydrogen) atoms. The maximum atomic E-state index is 13.9. The van der Waals surface area contributed by atoms with Crippen molar-refractivity contribution in [3.8, 4) is 0 Å². The second-order valence-electron chi connectivity index (χ2n) is 12.8. The third-order valence-corrected chi connectivity index (χ3v) is 11.1. The summed E-state index contributed by atoms with van der Waals surface area (Å²) < 4.78 is 11.0. The second kappa shape index (κ2) is 9.39. The van der Waals surface area contributed by atoms with Crippen molar-refractivity contribution in [2.45, 2.75) is 104 Å². The molecule has 5 aliphatic rings. The molecule has 1 aliphatic heterocycles. The molecule has 0 amide bonds. The summed E-state index contributed by atoms with van der Waals surface area (Å²) in [6, 6.07) is 0. The highest BCUT2D eigenvalue weighted by Gasteiger charge is 2.66. The number of hydrogen-bond donors (Lipinski definition) is 0. The summed E-state index contributed by atoms with van der Waals surface area (Å²) in [4.78, 5) is 52.0. The second-order valence-corrected chi connectivity index (χ2v) is 12.8. The van der Waals surface area contributed by atoms with Gasteiger partial charge in [0.15, 0.2) is 0 Å². The predicted molar refractivity (Wildman–Crippen MR) is 129 cm³/mol. The van der Waals surface area contributed by atoms with Gasteiger partial charge >= 0.3 is 5.97 Å². The molecule has 0 radical (unpaired) electrons. The number of carbonyl (C=O) groups is 4. The van der Waals surface area contributed by atoms with Gasteiger partial charge in [0.2, 0.25) is 6.29 Å². The molecule has 6 nitrogen and oxygen atoms in total. The zero-order chi connectivity index (χ0) is 25.0. The monoisotopic (exact) mass is 486 g/mol. The fourth-order valence-corrected chi connectivity index (χ4v) is 8.95. The molecule has 0 bridgehead atoms. The normalized spacial score (nSPS) is 44.3. The van der Waals surface area contributed by atoms with E-state index in [9.17, 15) is 19.2 Å². The third-order valence-electron chi connectivity index (χ3n) is 11.1. The maximum Gasteiger partial charge on any atom is 0.308 e. The van der Waals surface area contributed by atoms with Crippen LogP contribution in [-0.2, 0) is 28.7 Å². The van der Waals surface area contributed by atoms with Gasteiger partial charge in [0.25, 0.3) is 0 Å². The largest absolute Gasteiger partial charge is 0.436 e. The number of Topliss-reactive ketones (excluding diaryl/α,β-unsaturated/α-hetero) is 3. The summed E-state index contributed by atoms with van der Waals surface area (Å²) in [5, 5.41) is 0. The Labute approximate surface area is 209 Å². The van der Waals surface area contributed by atoms with E-state index in [-0.39, 0.29) is 52.7 Å². The average molecular weight is 487 g/mol. The van der Waals surface area contributed by atoms with Crippen LogP contribution in [0.2, 0.25) is 0 Å². The Bertz CT molecular complexity index is 890. The SMILES string of the molecule is CC(CCC(=O)OC1CCCCO1)C1CCC2C3C(=O)CC4CC(=O)CCC4(C)C3CC(=O)C12C. The van der Waals surface area contributed by atoms with Gasteiger partial charge in [0.05, 0.1) is 6.61 Å². The minimum atomic E-state index is -0.500. The lowest BCUT2D eigenvalue weighted by Crippen LogP contribution is -2.60. The number of hydrogen-bond acceptors (Lipinski definition) is 6. The number of carbonyl (C=O) groups excluding carboxylic acids is 4. The topological polar surface area (TPSA) is 86.7 Å². The van der Waals surface area contributed by atoms with Crippen LogP contribution in [0, 0.1) is 46.3 Å². The first-order chi connectivity index (χ1) is 16.6. The maximum absolute atomic E-state index is 13.9. The molecular weight excluding hydrogens is 444 g/mol. The van der Waals surface area contributed by atoms with E-state index >= 15 is 0 Å². The van der Waals surface area contributed by atoms with Crippen molar-refractivity contribution in [3.05, 3.63) is 0 Å². The first-order valence-corrected chi connectivity index (χ1v) is 14.0. The zero-order valence-electron chi connectivity index (χ0n) is 21.7. The molecule has 6 heteroatoms. The van der Waals surface area contributed by atoms with Crippen LogP contribution in [0.15, 0.2) is 0 Å². The molecule has 9 unspecified atom stereocenters. The molecule has 1 saturated heterocycles. The van der Waals surface area contributed by atoms with Gasteiger partial charge in [-0.15, -0.1) is 0 Å². The minimum Gasteiger partial charge on any atom is -0.436 e. The number of rotatable bonds is 5. The van der Waals surface area contributed by atoms with Gasteiger partial charge < -0.3 is 9.47 Å². The highest BCUT2D eigenvalue weighted by atomic mass is 16.7. The third kappa shape index (κ3) is 4.22. The minimum absolute atomic E-state index is 0.0576. The van der Waals surface area contributed by atoms with Crippen molar-refractivity contribution in [2.75, 3.05) is 6.61 Å². The van der Waals surface area contributed by atoms with Crippen molar-refractivity contribution < 1.29 is 28.7 Å². The molecule has 1 heterocycles. The van der Waals surface area contributed by atoms with Crippen molar-refractivity contribution >= 4 is 23.3 Å². The summed E-state index contributed by atoms with van der Waals surface area (Å²) in [6.07, 6.45) is 8.14. The molecule has 4 saturated carbocycles. The van der Waals surface area contributed by atoms with Crippen LogP contribution in [0.5, 0.6) is 0 Å². The molecule has 5 fully saturated rings. The number of esters is 1. The molecule has 194 valence electrons. The zero-order valence-corrected chi connectivity index (χ0v) is 21.7. The lowest BCUT2D eigenvalue weighted by atomic mass is 9.44. The van der Waals surface area contributed by atoms with Crippen LogP contribution < -0.4 is 0 Å². The predicted octanol–water partition coefficient (Wildman–Crippen LogP) is 5.06. The van der Waals surface area contributed by atoms with E-state index in [1.54, 1.807) is 0 Å². The summed E-state index contributed by atoms with van der Waals surface area (Å²) in [5.74, 6) is 1.26. The van der Waals surface area contributed by atoms with E-state index in [0.29, 0.717) is 56.7 Å². The Morgan fingerprint density at radius 3 is 2.60 bits per heavy atom. The summed E-state index contributed by atoms with van der Waals surface area (Å²) in [6.45, 7) is 7.18. The van der Waals surface area contributed by atoms with Crippen molar-refractivity contribution in [2.24, 2.45) is 46.3 Å². The van der Waals surface area contributed by atoms with Crippen LogP contribution in [0.4, 0.5) is 0 Å². The Morgan fingerprint density at radius 2 is 1.86 bits per heavy atom. The van der Waals surface area contributed by atoms with Crippen molar-refractivity contribution in [3.63, 3.8) is 0 Å². The van der Waals surface area contributed by atoms with E-state index in [4.69, 9.17) is 9.47 Å². The Morgan fingerprint density at radius 1 is 1.06 bits per heavy atom. The van der Waals surface area contributed by atoms with Gasteiger partial charge in [-0.3, -0.25) is 19.2 Å². The molecule has 4 aliphatic carbocycles. The first kappa shape index (κ1) is 25.1. The summed E-state index contributed by atoms with van der Waals surface area (Å²) in [5.41, 5.74) is -0.585. The molecular formula is C29H42O6. The van der Waals surface area contributed by atoms with Gasteiger partial charge in [-0.25, -0.2) is 0 Å². The van der Waals surface area contributed by atoms with E-state index in [2.05, 4.69) is 20.8 Å². The van der Waals surface area contributed by atoms with E-state index in [1.807, 2.05) is 0 Å². The molecule has 0 aromatic carbocycles. The van der Waals surface area contributed by atoms with E-state index in [0.717, 1.165) is 38.5 Å². The lowest BCUT2D eigenvalue weighted by Gasteiger charge is -2.58. The van der Waals surface area contributed by atoms with Gasteiger partial charge in [0.1, 0.15) is 17.3 Å². The Balaban J connectivity index is 1.28. The quantitative estimate of drug-likeness (QED) is 0.505. The number of ketones is 3. The molecule has 0 aromatic heterocycles. The number of fused-ring (bicyclic) bond motifs is 5. The standard InChI is InChI=1S/C29H42O6/c1-17(7-10-25(33)35-26-6-4-5-13-34-26)20-8-9-21-27-22(16-24(32)29(20,21)3)28(2)12-11-19(30)14-18(28)15-23(27)31/h17-18,20-22,26-27H,4-16H2,1-3H3. The van der Waals surface area contributed by atoms with Crippen molar-refractivity contribution in [1.82, 2.24) is 0 Å². The van der Waals surface area contributed by atoms with Crippen LogP contribution in [0.1, 0.15) is 97.8 Å². The first-order valence-electron chi connectivity index (χ1n) is 14.0. The van der Waals surface area contributed by atoms with E-state index in [1.165, 1.54) is 0 Å². The van der Waals surface area contributed by atoms with E-state index < -0.39 is 11.7 Å². The molecule has 5 rings (SSSR count). The van der Waals surface area contributed by atoms with Crippen LogP contribution in [0.3, 0.4) is 0 Å². The van der Waals surface area contributed by atoms with Crippen molar-refractivity contribution in [1.29, 1.82) is 0 Å². The fourth-order valence-electron chi connectivity index (χ4n) is 8.95. The molecule has 9 atom stereocenters. The highest BCUT2D eigenvalue weighted by Crippen LogP contribution is 2.66. The lowest BCUT2D eigenvalue weighted by molar-refractivity contribution is -0.187. The molecule has 0 N–H and O–H groups in total. The van der Waals surface area contributed by atoms with Crippen LogP contribution in [0.25, 0.3) is 0 Å². The summed E-state index contributed by atoms with van der Waals surface area (Å²) >= 11 is 0. The molecule has 0 aromatic rings. The average Bonchev–Trinajstić information content (AvgIpc) is 3.18. The van der Waals surface area contributed by atoms with Gasteiger partial charge in [-0.05, 0) is 73.5 Å². The Kier molecular flexibility index (Phi) is 6.73. The van der Waals surface area contributed by atoms with Gasteiger partial charge in [0, 0.05) is 49.9 Å². The van der Waals surface area contributed by atoms with Crippen LogP contribution in [-0.4, -0.2) is 36.2 Å². The van der Waals surface area contributed by atoms with Gasteiger partial charge in [-0.1, -0.05) is 20.8 Å². The fraction of sp³-hybridized carbons (Fsp3) is 0.862. The van der Waals surface area contributed by atoms with Crippen LogP contribution >= 0.6 is 0 Å². The smallest absolute Gasteiger partial charge is 0.308 e. The molecule has 0 spiro atoms. The Hall–Kier alpha value is -1.56. The van der Waals surface area contributed by atoms with Gasteiger partial charge in [-0.2, -0.15) is 0 Å². The highest BCUT2D eigenvalue weighted by molar-refractivity contribution is 5.93. The summed E-state index contributed by atoms with van der Waals surface area (Å²) in [7, 11) is 0. The number of ether oxygens (including phenoxy) is 2.